The van der Waals surface area contributed by atoms with Crippen molar-refractivity contribution in [3.8, 4) is 0 Å². The first-order valence-corrected chi connectivity index (χ1v) is 5.74. The summed E-state index contributed by atoms with van der Waals surface area (Å²) in [5, 5.41) is 6.88. The predicted molar refractivity (Wildman–Crippen MR) is 69.6 cm³/mol. The first kappa shape index (κ1) is 12.2. The van der Waals surface area contributed by atoms with Crippen molar-refractivity contribution in [3.05, 3.63) is 47.8 Å². The minimum atomic E-state index is -0.0471. The Morgan fingerprint density at radius 2 is 2.17 bits per heavy atom. The Bertz CT molecular complexity index is 547. The molecule has 1 amide bonds. The van der Waals surface area contributed by atoms with Crippen LogP contribution in [0.3, 0.4) is 0 Å². The van der Waals surface area contributed by atoms with Crippen molar-refractivity contribution < 1.29 is 4.79 Å². The lowest BCUT2D eigenvalue weighted by atomic mass is 10.1. The number of nitrogens with one attached hydrogen (secondary N) is 1. The van der Waals surface area contributed by atoms with Crippen molar-refractivity contribution >= 4 is 11.6 Å². The van der Waals surface area contributed by atoms with Gasteiger partial charge in [-0.3, -0.25) is 9.48 Å². The molecule has 0 saturated carbocycles. The summed E-state index contributed by atoms with van der Waals surface area (Å²) in [5.41, 5.74) is 8.25. The Balaban J connectivity index is 1.90. The van der Waals surface area contributed by atoms with Crippen LogP contribution in [0.2, 0.25) is 0 Å². The molecule has 2 rings (SSSR count). The molecule has 3 N–H and O–H groups in total. The van der Waals surface area contributed by atoms with E-state index in [1.807, 2.05) is 31.3 Å². The normalized spacial score (nSPS) is 10.3. The Labute approximate surface area is 106 Å². The number of carbonyl (C=O) groups excluding carboxylic acids is 1. The van der Waals surface area contributed by atoms with Gasteiger partial charge in [0.15, 0.2) is 0 Å². The Morgan fingerprint density at radius 1 is 1.39 bits per heavy atom. The molecule has 0 radical (unpaired) electrons. The van der Waals surface area contributed by atoms with Crippen LogP contribution in [-0.4, -0.2) is 15.7 Å². The van der Waals surface area contributed by atoms with E-state index in [-0.39, 0.29) is 5.91 Å². The number of benzene rings is 1. The molecular weight excluding hydrogens is 228 g/mol. The molecular formula is C13H16N4O. The van der Waals surface area contributed by atoms with E-state index in [0.717, 1.165) is 11.3 Å². The lowest BCUT2D eigenvalue weighted by molar-refractivity contribution is -0.120. The number of nitrogens with zero attached hydrogens (tertiary/aromatic N) is 2. The van der Waals surface area contributed by atoms with Crippen LogP contribution in [0.15, 0.2) is 36.5 Å². The Kier molecular flexibility index (Phi) is 3.62. The van der Waals surface area contributed by atoms with Gasteiger partial charge < -0.3 is 11.1 Å². The number of hydrogen-bond acceptors (Lipinski definition) is 3. The molecule has 0 aliphatic rings. The summed E-state index contributed by atoms with van der Waals surface area (Å²) >= 11 is 0. The van der Waals surface area contributed by atoms with Crippen LogP contribution in [0.4, 0.5) is 5.69 Å². The van der Waals surface area contributed by atoms with Gasteiger partial charge in [0.25, 0.3) is 0 Å². The second-order valence-electron chi connectivity index (χ2n) is 4.10. The SMILES string of the molecule is Cn1nccc1CNC(=O)Cc1ccccc1N. The van der Waals surface area contributed by atoms with E-state index in [1.54, 1.807) is 16.9 Å². The fraction of sp³-hybridized carbons (Fsp3) is 0.231. The average Bonchev–Trinajstić information content (AvgIpc) is 2.75. The highest BCUT2D eigenvalue weighted by atomic mass is 16.1. The number of nitrogen functional groups attached to an aromatic ring is 1. The Morgan fingerprint density at radius 3 is 2.83 bits per heavy atom. The van der Waals surface area contributed by atoms with Crippen LogP contribution < -0.4 is 11.1 Å². The lowest BCUT2D eigenvalue weighted by Gasteiger charge is -2.07. The molecule has 5 nitrogen and oxygen atoms in total. The van der Waals surface area contributed by atoms with Crippen molar-refractivity contribution in [3.63, 3.8) is 0 Å². The van der Waals surface area contributed by atoms with E-state index in [0.29, 0.717) is 18.7 Å². The summed E-state index contributed by atoms with van der Waals surface area (Å²) in [4.78, 5) is 11.8. The molecule has 5 heteroatoms. The van der Waals surface area contributed by atoms with Gasteiger partial charge in [0, 0.05) is 18.9 Å². The molecule has 0 aliphatic carbocycles. The van der Waals surface area contributed by atoms with E-state index < -0.39 is 0 Å². The van der Waals surface area contributed by atoms with Crippen molar-refractivity contribution in [1.29, 1.82) is 0 Å². The number of aromatic nitrogens is 2. The maximum atomic E-state index is 11.8. The van der Waals surface area contributed by atoms with Gasteiger partial charge in [-0.05, 0) is 17.7 Å². The summed E-state index contributed by atoms with van der Waals surface area (Å²) in [6, 6.07) is 9.26. The van der Waals surface area contributed by atoms with Crippen molar-refractivity contribution in [2.24, 2.45) is 7.05 Å². The third-order valence-electron chi connectivity index (χ3n) is 2.80. The monoisotopic (exact) mass is 244 g/mol. The third-order valence-corrected chi connectivity index (χ3v) is 2.80. The molecule has 0 fully saturated rings. The number of anilines is 1. The average molecular weight is 244 g/mol. The van der Waals surface area contributed by atoms with E-state index in [1.165, 1.54) is 0 Å². The summed E-state index contributed by atoms with van der Waals surface area (Å²) in [6.07, 6.45) is 2.00. The standard InChI is InChI=1S/C13H16N4O/c1-17-11(6-7-16-17)9-15-13(18)8-10-4-2-3-5-12(10)14/h2-7H,8-9,14H2,1H3,(H,15,18). The van der Waals surface area contributed by atoms with Crippen LogP contribution in [0.1, 0.15) is 11.3 Å². The molecule has 0 unspecified atom stereocenters. The number of aryl methyl sites for hydroxylation is 1. The topological polar surface area (TPSA) is 72.9 Å². The quantitative estimate of drug-likeness (QED) is 0.783. The molecule has 2 aromatic rings. The number of para-hydroxylation sites is 1. The number of amides is 1. The fourth-order valence-corrected chi connectivity index (χ4v) is 1.69. The highest BCUT2D eigenvalue weighted by molar-refractivity contribution is 5.80. The van der Waals surface area contributed by atoms with Gasteiger partial charge in [-0.1, -0.05) is 18.2 Å². The minimum absolute atomic E-state index is 0.0471. The zero-order chi connectivity index (χ0) is 13.0. The van der Waals surface area contributed by atoms with E-state index in [4.69, 9.17) is 5.73 Å². The molecule has 0 atom stereocenters. The lowest BCUT2D eigenvalue weighted by Crippen LogP contribution is -2.25. The largest absolute Gasteiger partial charge is 0.398 e. The highest BCUT2D eigenvalue weighted by Crippen LogP contribution is 2.10. The molecule has 1 heterocycles. The van der Waals surface area contributed by atoms with Crippen LogP contribution in [0.25, 0.3) is 0 Å². The molecule has 0 spiro atoms. The summed E-state index contributed by atoms with van der Waals surface area (Å²) in [7, 11) is 1.84. The first-order valence-electron chi connectivity index (χ1n) is 5.74. The number of carbonyl (C=O) groups is 1. The van der Waals surface area contributed by atoms with Crippen molar-refractivity contribution in [2.45, 2.75) is 13.0 Å². The van der Waals surface area contributed by atoms with Crippen LogP contribution in [-0.2, 0) is 24.8 Å². The summed E-state index contributed by atoms with van der Waals surface area (Å²) < 4.78 is 1.73. The molecule has 1 aromatic heterocycles. The van der Waals surface area contributed by atoms with Gasteiger partial charge in [-0.2, -0.15) is 5.10 Å². The van der Waals surface area contributed by atoms with Gasteiger partial charge in [-0.25, -0.2) is 0 Å². The smallest absolute Gasteiger partial charge is 0.224 e. The first-order chi connectivity index (χ1) is 8.66. The van der Waals surface area contributed by atoms with Crippen molar-refractivity contribution in [2.75, 3.05) is 5.73 Å². The molecule has 0 saturated heterocycles. The summed E-state index contributed by atoms with van der Waals surface area (Å²) in [6.45, 7) is 0.474. The second-order valence-corrected chi connectivity index (χ2v) is 4.10. The molecule has 0 bridgehead atoms. The van der Waals surface area contributed by atoms with Crippen molar-refractivity contribution in [1.82, 2.24) is 15.1 Å². The molecule has 94 valence electrons. The zero-order valence-corrected chi connectivity index (χ0v) is 10.3. The molecule has 18 heavy (non-hydrogen) atoms. The highest BCUT2D eigenvalue weighted by Gasteiger charge is 2.06. The molecule has 1 aromatic carbocycles. The van der Waals surface area contributed by atoms with Gasteiger partial charge in [0.2, 0.25) is 5.91 Å². The van der Waals surface area contributed by atoms with Crippen LogP contribution >= 0.6 is 0 Å². The number of nitrogens with two attached hydrogens (primary N) is 1. The van der Waals surface area contributed by atoms with E-state index in [9.17, 15) is 4.79 Å². The Hall–Kier alpha value is -2.30. The maximum absolute atomic E-state index is 11.8. The van der Waals surface area contributed by atoms with Gasteiger partial charge >= 0.3 is 0 Å². The molecule has 0 aliphatic heterocycles. The van der Waals surface area contributed by atoms with Gasteiger partial charge in [-0.15, -0.1) is 0 Å². The second kappa shape index (κ2) is 5.35. The number of hydrogen-bond donors (Lipinski definition) is 2. The van der Waals surface area contributed by atoms with Crippen LogP contribution in [0.5, 0.6) is 0 Å². The number of rotatable bonds is 4. The summed E-state index contributed by atoms with van der Waals surface area (Å²) in [5.74, 6) is -0.0471. The van der Waals surface area contributed by atoms with E-state index >= 15 is 0 Å². The van der Waals surface area contributed by atoms with Crippen LogP contribution in [0, 0.1) is 0 Å². The zero-order valence-electron chi connectivity index (χ0n) is 10.3. The van der Waals surface area contributed by atoms with Gasteiger partial charge in [0.05, 0.1) is 18.7 Å². The van der Waals surface area contributed by atoms with Gasteiger partial charge in [0.1, 0.15) is 0 Å². The third kappa shape index (κ3) is 2.88. The maximum Gasteiger partial charge on any atom is 0.224 e. The predicted octanol–water partition coefficient (Wildman–Crippen LogP) is 0.861. The minimum Gasteiger partial charge on any atom is -0.398 e. The fourth-order valence-electron chi connectivity index (χ4n) is 1.69. The van der Waals surface area contributed by atoms with E-state index in [2.05, 4.69) is 10.4 Å².